The molecule has 1 aromatic rings. The van der Waals surface area contributed by atoms with Crippen LogP contribution in [-0.4, -0.2) is 13.1 Å². The van der Waals surface area contributed by atoms with Crippen molar-refractivity contribution in [1.82, 2.24) is 0 Å². The van der Waals surface area contributed by atoms with Gasteiger partial charge in [0, 0.05) is 24.8 Å². The molecule has 0 saturated heterocycles. The zero-order valence-electron chi connectivity index (χ0n) is 13.5. The highest BCUT2D eigenvalue weighted by Crippen LogP contribution is 2.38. The van der Waals surface area contributed by atoms with Crippen LogP contribution in [0.1, 0.15) is 64.5 Å². The van der Waals surface area contributed by atoms with E-state index in [9.17, 15) is 0 Å². The minimum absolute atomic E-state index is 0.147. The first kappa shape index (κ1) is 15.4. The number of hydrogen-bond acceptors (Lipinski definition) is 2. The number of para-hydroxylation sites is 1. The Hall–Kier alpha value is -1.02. The van der Waals surface area contributed by atoms with Crippen LogP contribution in [0, 0.1) is 5.41 Å². The minimum Gasteiger partial charge on any atom is -0.371 e. The Bertz CT molecular complexity index is 429. The predicted molar refractivity (Wildman–Crippen MR) is 88.1 cm³/mol. The molecule has 1 aromatic carbocycles. The van der Waals surface area contributed by atoms with Crippen LogP contribution in [0.15, 0.2) is 24.3 Å². The second kappa shape index (κ2) is 6.17. The lowest BCUT2D eigenvalue weighted by atomic mass is 9.75. The summed E-state index contributed by atoms with van der Waals surface area (Å²) in [5.74, 6) is 0. The number of nitrogens with zero attached hydrogens (tertiary/aromatic N) is 1. The van der Waals surface area contributed by atoms with Crippen molar-refractivity contribution in [2.75, 3.05) is 11.9 Å². The van der Waals surface area contributed by atoms with E-state index in [1.54, 1.807) is 0 Å². The molecule has 2 heteroatoms. The van der Waals surface area contributed by atoms with Crippen molar-refractivity contribution in [1.29, 1.82) is 0 Å². The zero-order chi connectivity index (χ0) is 14.8. The molecule has 0 spiro atoms. The molecule has 0 aromatic heterocycles. The van der Waals surface area contributed by atoms with E-state index in [4.69, 9.17) is 5.73 Å². The van der Waals surface area contributed by atoms with Gasteiger partial charge in [-0.25, -0.2) is 0 Å². The minimum atomic E-state index is 0.147. The molecule has 112 valence electrons. The quantitative estimate of drug-likeness (QED) is 0.875. The van der Waals surface area contributed by atoms with Gasteiger partial charge in [-0.3, -0.25) is 0 Å². The van der Waals surface area contributed by atoms with E-state index in [1.165, 1.54) is 36.9 Å². The number of anilines is 1. The summed E-state index contributed by atoms with van der Waals surface area (Å²) in [6, 6.07) is 9.45. The van der Waals surface area contributed by atoms with Gasteiger partial charge in [-0.1, -0.05) is 39.0 Å². The van der Waals surface area contributed by atoms with E-state index >= 15 is 0 Å². The first-order chi connectivity index (χ1) is 9.44. The molecule has 1 aliphatic carbocycles. The van der Waals surface area contributed by atoms with Gasteiger partial charge >= 0.3 is 0 Å². The first-order valence-corrected chi connectivity index (χ1v) is 8.02. The van der Waals surface area contributed by atoms with Gasteiger partial charge < -0.3 is 10.6 Å². The third-order valence-corrected chi connectivity index (χ3v) is 5.01. The monoisotopic (exact) mass is 274 g/mol. The molecule has 1 atom stereocenters. The molecule has 2 rings (SSSR count). The van der Waals surface area contributed by atoms with E-state index in [0.717, 1.165) is 6.42 Å². The molecule has 2 nitrogen and oxygen atoms in total. The fourth-order valence-electron chi connectivity index (χ4n) is 3.31. The number of benzene rings is 1. The predicted octanol–water partition coefficient (Wildman–Crippen LogP) is 4.50. The van der Waals surface area contributed by atoms with Crippen LogP contribution >= 0.6 is 0 Å². The number of nitrogens with two attached hydrogens (primary N) is 1. The summed E-state index contributed by atoms with van der Waals surface area (Å²) < 4.78 is 0. The first-order valence-electron chi connectivity index (χ1n) is 8.02. The van der Waals surface area contributed by atoms with Crippen LogP contribution in [0.2, 0.25) is 0 Å². The van der Waals surface area contributed by atoms with Crippen LogP contribution in [-0.2, 0) is 0 Å². The second-order valence-electron chi connectivity index (χ2n) is 7.08. The molecule has 1 fully saturated rings. The molecule has 0 radical (unpaired) electrons. The molecule has 20 heavy (non-hydrogen) atoms. The molecule has 0 bridgehead atoms. The summed E-state index contributed by atoms with van der Waals surface area (Å²) in [7, 11) is 2.24. The van der Waals surface area contributed by atoms with Crippen molar-refractivity contribution in [2.24, 2.45) is 11.1 Å². The smallest absolute Gasteiger partial charge is 0.0414 e. The topological polar surface area (TPSA) is 29.3 Å². The van der Waals surface area contributed by atoms with Crippen molar-refractivity contribution in [3.63, 3.8) is 0 Å². The van der Waals surface area contributed by atoms with Gasteiger partial charge in [0.15, 0.2) is 0 Å². The van der Waals surface area contributed by atoms with Crippen LogP contribution in [0.3, 0.4) is 0 Å². The Morgan fingerprint density at radius 3 is 2.45 bits per heavy atom. The van der Waals surface area contributed by atoms with Gasteiger partial charge in [0.05, 0.1) is 0 Å². The average molecular weight is 274 g/mol. The number of hydrogen-bond donors (Lipinski definition) is 1. The molecular weight excluding hydrogens is 244 g/mol. The summed E-state index contributed by atoms with van der Waals surface area (Å²) in [6.45, 7) is 6.94. The standard InChI is InChI=1S/C18H30N2/c1-5-16(19)15-8-6-7-9-17(15)20(4)14-10-12-18(2,3)13-11-14/h6-9,14,16H,5,10-13,19H2,1-4H3/t16-/m0/s1. The third kappa shape index (κ3) is 3.35. The van der Waals surface area contributed by atoms with Crippen molar-refractivity contribution in [3.05, 3.63) is 29.8 Å². The highest BCUT2D eigenvalue weighted by molar-refractivity contribution is 5.55. The van der Waals surface area contributed by atoms with Crippen molar-refractivity contribution >= 4 is 5.69 Å². The van der Waals surface area contributed by atoms with Crippen molar-refractivity contribution in [3.8, 4) is 0 Å². The van der Waals surface area contributed by atoms with Gasteiger partial charge in [0.2, 0.25) is 0 Å². The summed E-state index contributed by atoms with van der Waals surface area (Å²) in [6.07, 6.45) is 6.22. The maximum atomic E-state index is 6.28. The molecule has 0 aliphatic heterocycles. The third-order valence-electron chi connectivity index (χ3n) is 5.01. The maximum absolute atomic E-state index is 6.28. The maximum Gasteiger partial charge on any atom is 0.0414 e. The summed E-state index contributed by atoms with van der Waals surface area (Å²) in [5, 5.41) is 0. The molecule has 0 amide bonds. The van der Waals surface area contributed by atoms with E-state index < -0.39 is 0 Å². The average Bonchev–Trinajstić information content (AvgIpc) is 2.45. The second-order valence-corrected chi connectivity index (χ2v) is 7.08. The SMILES string of the molecule is CC[C@H](N)c1ccccc1N(C)C1CCC(C)(C)CC1. The highest BCUT2D eigenvalue weighted by atomic mass is 15.1. The van der Waals surface area contributed by atoms with E-state index in [0.29, 0.717) is 11.5 Å². The van der Waals surface area contributed by atoms with Gasteiger partial charge in [0.25, 0.3) is 0 Å². The van der Waals surface area contributed by atoms with Crippen LogP contribution < -0.4 is 10.6 Å². The highest BCUT2D eigenvalue weighted by Gasteiger charge is 2.29. The van der Waals surface area contributed by atoms with Gasteiger partial charge in [-0.15, -0.1) is 0 Å². The van der Waals surface area contributed by atoms with Crippen LogP contribution in [0.5, 0.6) is 0 Å². The Morgan fingerprint density at radius 2 is 1.85 bits per heavy atom. The van der Waals surface area contributed by atoms with E-state index in [1.807, 2.05) is 0 Å². The lowest BCUT2D eigenvalue weighted by Crippen LogP contribution is -2.38. The Labute approximate surface area is 124 Å². The normalized spacial score (nSPS) is 20.6. The summed E-state index contributed by atoms with van der Waals surface area (Å²) in [4.78, 5) is 2.47. The van der Waals surface area contributed by atoms with Gasteiger partial charge in [-0.2, -0.15) is 0 Å². The fourth-order valence-corrected chi connectivity index (χ4v) is 3.31. The van der Waals surface area contributed by atoms with Gasteiger partial charge in [0.1, 0.15) is 0 Å². The van der Waals surface area contributed by atoms with E-state index in [-0.39, 0.29) is 6.04 Å². The Balaban J connectivity index is 2.15. The van der Waals surface area contributed by atoms with Crippen LogP contribution in [0.25, 0.3) is 0 Å². The molecule has 1 saturated carbocycles. The molecule has 1 aliphatic rings. The summed E-state index contributed by atoms with van der Waals surface area (Å²) >= 11 is 0. The van der Waals surface area contributed by atoms with Crippen LogP contribution in [0.4, 0.5) is 5.69 Å². The van der Waals surface area contributed by atoms with Crippen molar-refractivity contribution < 1.29 is 0 Å². The van der Waals surface area contributed by atoms with Gasteiger partial charge in [-0.05, 0) is 49.1 Å². The van der Waals surface area contributed by atoms with E-state index in [2.05, 4.69) is 57.0 Å². The fraction of sp³-hybridized carbons (Fsp3) is 0.667. The molecular formula is C18H30N2. The lowest BCUT2D eigenvalue weighted by molar-refractivity contribution is 0.222. The number of rotatable bonds is 4. The Kier molecular flexibility index (Phi) is 4.74. The summed E-state index contributed by atoms with van der Waals surface area (Å²) in [5.41, 5.74) is 9.42. The lowest BCUT2D eigenvalue weighted by Gasteiger charge is -2.40. The molecule has 0 unspecified atom stereocenters. The zero-order valence-corrected chi connectivity index (χ0v) is 13.5. The Morgan fingerprint density at radius 1 is 1.25 bits per heavy atom. The largest absolute Gasteiger partial charge is 0.371 e. The molecule has 0 heterocycles. The molecule has 2 N–H and O–H groups in total. The van der Waals surface area contributed by atoms with Crippen molar-refractivity contribution in [2.45, 2.75) is 65.0 Å².